The number of benzene rings is 2. The smallest absolute Gasteiger partial charge is 0.264 e. The number of phenolic OH excluding ortho intramolecular Hbond substituents is 1. The molecule has 6 heteroatoms. The van der Waals surface area contributed by atoms with Crippen LogP contribution >= 0.6 is 0 Å². The lowest BCUT2D eigenvalue weighted by Gasteiger charge is -2.07. The third kappa shape index (κ3) is 4.06. The average Bonchev–Trinajstić information content (AvgIpc) is 2.41. The van der Waals surface area contributed by atoms with Crippen molar-refractivity contribution in [3.05, 3.63) is 59.7 Å². The van der Waals surface area contributed by atoms with Gasteiger partial charge in [0.25, 0.3) is 10.0 Å². The molecule has 0 saturated heterocycles. The Kier molecular flexibility index (Phi) is 4.28. The topological polar surface area (TPSA) is 83.5 Å². The number of aryl methyl sites for hydroxylation is 1. The Hall–Kier alpha value is -2.34. The summed E-state index contributed by atoms with van der Waals surface area (Å²) < 4.78 is 26.1. The Morgan fingerprint density at radius 2 is 1.62 bits per heavy atom. The molecule has 0 aliphatic heterocycles. The molecule has 21 heavy (non-hydrogen) atoms. The van der Waals surface area contributed by atoms with Crippen LogP contribution in [0.25, 0.3) is 0 Å². The number of carbonyl (C=O) groups excluding carboxylic acids is 1. The minimum Gasteiger partial charge on any atom is -0.508 e. The van der Waals surface area contributed by atoms with Gasteiger partial charge in [-0.2, -0.15) is 0 Å². The Labute approximate surface area is 123 Å². The number of amides is 1. The second-order valence-electron chi connectivity index (χ2n) is 4.68. The summed E-state index contributed by atoms with van der Waals surface area (Å²) in [5, 5.41) is 9.15. The van der Waals surface area contributed by atoms with Crippen LogP contribution in [0.1, 0.15) is 11.1 Å². The van der Waals surface area contributed by atoms with Gasteiger partial charge in [-0.15, -0.1) is 0 Å². The third-order valence-electron chi connectivity index (χ3n) is 2.88. The monoisotopic (exact) mass is 305 g/mol. The number of hydrogen-bond acceptors (Lipinski definition) is 4. The maximum Gasteiger partial charge on any atom is 0.264 e. The third-order valence-corrected chi connectivity index (χ3v) is 4.27. The molecule has 0 radical (unpaired) electrons. The maximum atomic E-state index is 12.0. The molecule has 5 nitrogen and oxygen atoms in total. The van der Waals surface area contributed by atoms with Crippen LogP contribution in [0.4, 0.5) is 0 Å². The molecule has 0 aliphatic rings. The van der Waals surface area contributed by atoms with E-state index in [1.807, 2.05) is 11.6 Å². The molecule has 2 aromatic carbocycles. The first-order valence-corrected chi connectivity index (χ1v) is 7.75. The molecule has 0 heterocycles. The molecule has 0 spiro atoms. The van der Waals surface area contributed by atoms with Gasteiger partial charge >= 0.3 is 0 Å². The summed E-state index contributed by atoms with van der Waals surface area (Å²) in [4.78, 5) is 11.8. The summed E-state index contributed by atoms with van der Waals surface area (Å²) in [6.45, 7) is 1.85. The standard InChI is InChI=1S/C15H15NO4S/c1-11-2-8-14(9-3-11)21(19,20)16-15(18)10-12-4-6-13(17)7-5-12/h2-9,17H,10H2,1H3,(H,16,18). The van der Waals surface area contributed by atoms with Crippen LogP contribution in [-0.2, 0) is 21.2 Å². The quantitative estimate of drug-likeness (QED) is 0.901. The first-order valence-electron chi connectivity index (χ1n) is 6.27. The van der Waals surface area contributed by atoms with Crippen molar-refractivity contribution in [1.82, 2.24) is 4.72 Å². The highest BCUT2D eigenvalue weighted by atomic mass is 32.2. The number of hydrogen-bond donors (Lipinski definition) is 2. The summed E-state index contributed by atoms with van der Waals surface area (Å²) >= 11 is 0. The highest BCUT2D eigenvalue weighted by Crippen LogP contribution is 2.12. The highest BCUT2D eigenvalue weighted by Gasteiger charge is 2.17. The van der Waals surface area contributed by atoms with Gasteiger partial charge in [0.2, 0.25) is 5.91 Å². The second kappa shape index (κ2) is 5.97. The van der Waals surface area contributed by atoms with E-state index in [0.29, 0.717) is 5.56 Å². The van der Waals surface area contributed by atoms with Crippen LogP contribution in [0.3, 0.4) is 0 Å². The Morgan fingerprint density at radius 1 is 1.05 bits per heavy atom. The van der Waals surface area contributed by atoms with Crippen molar-refractivity contribution in [3.63, 3.8) is 0 Å². The van der Waals surface area contributed by atoms with Crippen LogP contribution in [0, 0.1) is 6.92 Å². The van der Waals surface area contributed by atoms with Crippen molar-refractivity contribution >= 4 is 15.9 Å². The molecular formula is C15H15NO4S. The van der Waals surface area contributed by atoms with Crippen LogP contribution in [0.2, 0.25) is 0 Å². The Balaban J connectivity index is 2.07. The molecule has 2 N–H and O–H groups in total. The molecule has 0 aromatic heterocycles. The fraction of sp³-hybridized carbons (Fsp3) is 0.133. The van der Waals surface area contributed by atoms with Gasteiger partial charge in [-0.3, -0.25) is 4.79 Å². The highest BCUT2D eigenvalue weighted by molar-refractivity contribution is 7.90. The number of nitrogens with one attached hydrogen (secondary N) is 1. The zero-order valence-corrected chi connectivity index (χ0v) is 12.2. The summed E-state index contributed by atoms with van der Waals surface area (Å²) in [6.07, 6.45) is -0.0780. The van der Waals surface area contributed by atoms with Crippen molar-refractivity contribution in [2.24, 2.45) is 0 Å². The molecule has 0 fully saturated rings. The van der Waals surface area contributed by atoms with Gasteiger partial charge in [-0.05, 0) is 36.8 Å². The fourth-order valence-electron chi connectivity index (χ4n) is 1.76. The summed E-state index contributed by atoms with van der Waals surface area (Å²) in [5.74, 6) is -0.535. The van der Waals surface area contributed by atoms with Gasteiger partial charge in [0.15, 0.2) is 0 Å². The average molecular weight is 305 g/mol. The minimum atomic E-state index is -3.85. The lowest BCUT2D eigenvalue weighted by atomic mass is 10.1. The number of aromatic hydroxyl groups is 1. The predicted octanol–water partition coefficient (Wildman–Crippen LogP) is 1.75. The van der Waals surface area contributed by atoms with Crippen molar-refractivity contribution in [3.8, 4) is 5.75 Å². The molecule has 1 amide bonds. The first kappa shape index (κ1) is 15.1. The summed E-state index contributed by atoms with van der Waals surface area (Å²) in [7, 11) is -3.85. The molecule has 2 aromatic rings. The van der Waals surface area contributed by atoms with Gasteiger partial charge in [-0.1, -0.05) is 29.8 Å². The first-order chi connectivity index (χ1) is 9.87. The molecule has 0 saturated carbocycles. The van der Waals surface area contributed by atoms with Crippen molar-refractivity contribution in [2.75, 3.05) is 0 Å². The van der Waals surface area contributed by atoms with Gasteiger partial charge in [-0.25, -0.2) is 13.1 Å². The van der Waals surface area contributed by atoms with Gasteiger partial charge in [0.1, 0.15) is 5.75 Å². The normalized spacial score (nSPS) is 11.1. The number of sulfonamides is 1. The minimum absolute atomic E-state index is 0.0483. The zero-order chi connectivity index (χ0) is 15.5. The Morgan fingerprint density at radius 3 is 2.19 bits per heavy atom. The van der Waals surface area contributed by atoms with E-state index >= 15 is 0 Å². The van der Waals surface area contributed by atoms with Crippen molar-refractivity contribution in [1.29, 1.82) is 0 Å². The fourth-order valence-corrected chi connectivity index (χ4v) is 2.75. The lowest BCUT2D eigenvalue weighted by Crippen LogP contribution is -2.31. The van der Waals surface area contributed by atoms with Gasteiger partial charge < -0.3 is 5.11 Å². The van der Waals surface area contributed by atoms with E-state index in [-0.39, 0.29) is 17.1 Å². The van der Waals surface area contributed by atoms with E-state index in [2.05, 4.69) is 0 Å². The molecule has 0 unspecified atom stereocenters. The maximum absolute atomic E-state index is 12.0. The second-order valence-corrected chi connectivity index (χ2v) is 6.37. The zero-order valence-electron chi connectivity index (χ0n) is 11.4. The number of rotatable bonds is 4. The number of phenols is 1. The van der Waals surface area contributed by atoms with E-state index in [4.69, 9.17) is 5.11 Å². The SMILES string of the molecule is Cc1ccc(S(=O)(=O)NC(=O)Cc2ccc(O)cc2)cc1. The molecule has 0 aliphatic carbocycles. The van der Waals surface area contributed by atoms with Crippen molar-refractivity contribution < 1.29 is 18.3 Å². The molecule has 0 bridgehead atoms. The van der Waals surface area contributed by atoms with E-state index in [0.717, 1.165) is 5.56 Å². The summed E-state index contributed by atoms with van der Waals surface area (Å²) in [5.41, 5.74) is 1.55. The molecule has 2 rings (SSSR count). The summed E-state index contributed by atoms with van der Waals surface area (Å²) in [6, 6.07) is 12.2. The van der Waals surface area contributed by atoms with Gasteiger partial charge in [0, 0.05) is 0 Å². The van der Waals surface area contributed by atoms with E-state index in [1.54, 1.807) is 24.3 Å². The van der Waals surface area contributed by atoms with Crippen LogP contribution in [0.5, 0.6) is 5.75 Å². The number of carbonyl (C=O) groups is 1. The van der Waals surface area contributed by atoms with Crippen LogP contribution < -0.4 is 4.72 Å². The largest absolute Gasteiger partial charge is 0.508 e. The van der Waals surface area contributed by atoms with Crippen molar-refractivity contribution in [2.45, 2.75) is 18.2 Å². The molecule has 110 valence electrons. The van der Waals surface area contributed by atoms with E-state index < -0.39 is 15.9 Å². The van der Waals surface area contributed by atoms with E-state index in [1.165, 1.54) is 24.3 Å². The molecule has 0 atom stereocenters. The van der Waals surface area contributed by atoms with E-state index in [9.17, 15) is 13.2 Å². The lowest BCUT2D eigenvalue weighted by molar-refractivity contribution is -0.118. The van der Waals surface area contributed by atoms with Crippen LogP contribution in [0.15, 0.2) is 53.4 Å². The van der Waals surface area contributed by atoms with Gasteiger partial charge in [0.05, 0.1) is 11.3 Å². The van der Waals surface area contributed by atoms with Crippen LogP contribution in [-0.4, -0.2) is 19.4 Å². The molecular weight excluding hydrogens is 290 g/mol. The Bertz CT molecular complexity index is 734. The predicted molar refractivity (Wildman–Crippen MR) is 78.3 cm³/mol.